The highest BCUT2D eigenvalue weighted by atomic mass is 19.1. The van der Waals surface area contributed by atoms with Crippen molar-refractivity contribution in [2.75, 3.05) is 11.4 Å². The molecule has 0 atom stereocenters. The van der Waals surface area contributed by atoms with E-state index in [4.69, 9.17) is 0 Å². The van der Waals surface area contributed by atoms with Gasteiger partial charge in [0.25, 0.3) is 5.91 Å². The molecule has 0 bridgehead atoms. The third-order valence-electron chi connectivity index (χ3n) is 5.30. The Hall–Kier alpha value is -3.51. The summed E-state index contributed by atoms with van der Waals surface area (Å²) >= 11 is 0. The molecule has 144 valence electrons. The number of hydrogen-bond donors (Lipinski definition) is 1. The minimum absolute atomic E-state index is 0.0162. The van der Waals surface area contributed by atoms with Gasteiger partial charge in [0.15, 0.2) is 0 Å². The van der Waals surface area contributed by atoms with Crippen LogP contribution in [0.3, 0.4) is 0 Å². The van der Waals surface area contributed by atoms with Crippen molar-refractivity contribution in [3.05, 3.63) is 89.6 Å². The van der Waals surface area contributed by atoms with Crippen molar-refractivity contribution >= 4 is 17.2 Å². The minimum atomic E-state index is -0.354. The summed E-state index contributed by atoms with van der Waals surface area (Å²) in [5, 5.41) is 9.36. The van der Waals surface area contributed by atoms with E-state index in [0.717, 1.165) is 22.3 Å². The summed E-state index contributed by atoms with van der Waals surface area (Å²) in [5.41, 5.74) is 5.34. The minimum Gasteiger partial charge on any atom is -0.392 e. The molecule has 1 N–H and O–H groups in total. The zero-order valence-electron chi connectivity index (χ0n) is 15.5. The molecule has 5 nitrogen and oxygen atoms in total. The molecule has 1 amide bonds. The van der Waals surface area contributed by atoms with E-state index in [1.807, 2.05) is 47.0 Å². The van der Waals surface area contributed by atoms with Crippen LogP contribution in [0.15, 0.2) is 67.0 Å². The second-order valence-corrected chi connectivity index (χ2v) is 7.15. The van der Waals surface area contributed by atoms with E-state index in [1.165, 1.54) is 12.1 Å². The van der Waals surface area contributed by atoms with Gasteiger partial charge in [0.2, 0.25) is 0 Å². The summed E-state index contributed by atoms with van der Waals surface area (Å²) in [6.45, 7) is 0.502. The number of carbonyl (C=O) groups excluding carboxylic acids is 1. The summed E-state index contributed by atoms with van der Waals surface area (Å²) in [6, 6.07) is 16.0. The zero-order valence-corrected chi connectivity index (χ0v) is 15.5. The van der Waals surface area contributed by atoms with Gasteiger partial charge in [0.05, 0.1) is 12.3 Å². The highest BCUT2D eigenvalue weighted by Gasteiger charge is 2.27. The molecule has 0 radical (unpaired) electrons. The number of rotatable bonds is 3. The molecule has 2 aromatic heterocycles. The molecule has 6 heteroatoms. The van der Waals surface area contributed by atoms with Crippen molar-refractivity contribution in [1.29, 1.82) is 0 Å². The Labute approximate surface area is 166 Å². The topological polar surface area (TPSA) is 57.8 Å². The third-order valence-corrected chi connectivity index (χ3v) is 5.30. The number of benzene rings is 2. The van der Waals surface area contributed by atoms with Gasteiger partial charge >= 0.3 is 0 Å². The van der Waals surface area contributed by atoms with Gasteiger partial charge in [0.1, 0.15) is 17.2 Å². The van der Waals surface area contributed by atoms with Gasteiger partial charge in [-0.15, -0.1) is 0 Å². The Morgan fingerprint density at radius 3 is 2.83 bits per heavy atom. The fourth-order valence-electron chi connectivity index (χ4n) is 3.82. The molecule has 0 unspecified atom stereocenters. The smallest absolute Gasteiger partial charge is 0.278 e. The Morgan fingerprint density at radius 1 is 1.07 bits per heavy atom. The number of fused-ring (bicyclic) bond motifs is 2. The second kappa shape index (κ2) is 6.83. The fourth-order valence-corrected chi connectivity index (χ4v) is 3.82. The van der Waals surface area contributed by atoms with Gasteiger partial charge in [-0.2, -0.15) is 0 Å². The molecule has 3 heterocycles. The maximum Gasteiger partial charge on any atom is 0.278 e. The average Bonchev–Trinajstić information content (AvgIpc) is 3.36. The number of aliphatic hydroxyl groups is 1. The van der Waals surface area contributed by atoms with Crippen molar-refractivity contribution < 1.29 is 14.3 Å². The van der Waals surface area contributed by atoms with Crippen molar-refractivity contribution in [2.24, 2.45) is 0 Å². The quantitative estimate of drug-likeness (QED) is 0.581. The number of imidazole rings is 1. The first kappa shape index (κ1) is 17.6. The molecule has 1 aliphatic heterocycles. The lowest BCUT2D eigenvalue weighted by molar-refractivity contribution is 0.0985. The monoisotopic (exact) mass is 387 g/mol. The van der Waals surface area contributed by atoms with Crippen LogP contribution in [0, 0.1) is 5.82 Å². The Balaban J connectivity index is 1.49. The lowest BCUT2D eigenvalue weighted by Crippen LogP contribution is -2.29. The van der Waals surface area contributed by atoms with Gasteiger partial charge in [-0.05, 0) is 59.0 Å². The highest BCUT2D eigenvalue weighted by molar-refractivity contribution is 6.06. The Kier molecular flexibility index (Phi) is 4.14. The van der Waals surface area contributed by atoms with E-state index in [1.54, 1.807) is 17.2 Å². The van der Waals surface area contributed by atoms with E-state index in [-0.39, 0.29) is 18.3 Å². The van der Waals surface area contributed by atoms with Crippen LogP contribution in [0.5, 0.6) is 0 Å². The third kappa shape index (κ3) is 3.07. The van der Waals surface area contributed by atoms with Gasteiger partial charge in [0, 0.05) is 18.9 Å². The maximum atomic E-state index is 13.7. The van der Waals surface area contributed by atoms with Crippen molar-refractivity contribution in [2.45, 2.75) is 13.0 Å². The van der Waals surface area contributed by atoms with E-state index in [2.05, 4.69) is 4.98 Å². The first-order chi connectivity index (χ1) is 14.1. The van der Waals surface area contributed by atoms with Crippen LogP contribution >= 0.6 is 0 Å². The van der Waals surface area contributed by atoms with Gasteiger partial charge in [-0.25, -0.2) is 9.37 Å². The molecule has 0 fully saturated rings. The number of hydrogen-bond acceptors (Lipinski definition) is 3. The molecule has 0 saturated carbocycles. The van der Waals surface area contributed by atoms with E-state index < -0.39 is 0 Å². The number of amides is 1. The van der Waals surface area contributed by atoms with Crippen molar-refractivity contribution in [1.82, 2.24) is 9.38 Å². The summed E-state index contributed by atoms with van der Waals surface area (Å²) in [6.07, 6.45) is 4.32. The fraction of sp³-hybridized carbons (Fsp3) is 0.130. The molecule has 5 rings (SSSR count). The van der Waals surface area contributed by atoms with Gasteiger partial charge in [-0.3, -0.25) is 4.79 Å². The average molecular weight is 387 g/mol. The maximum absolute atomic E-state index is 13.7. The predicted octanol–water partition coefficient (Wildman–Crippen LogP) is 3.84. The van der Waals surface area contributed by atoms with Crippen LogP contribution in [-0.4, -0.2) is 26.9 Å². The number of nitrogens with zero attached hydrogens (tertiary/aromatic N) is 3. The Bertz CT molecular complexity index is 1250. The SMILES string of the molecule is O=C(c1cn2cc(-c3cccc(CO)c3)ccc2n1)N1CCc2ccc(F)cc21. The normalized spacial score (nSPS) is 13.1. The summed E-state index contributed by atoms with van der Waals surface area (Å²) in [4.78, 5) is 19.1. The molecule has 2 aromatic carbocycles. The number of anilines is 1. The van der Waals surface area contributed by atoms with Crippen molar-refractivity contribution in [3.63, 3.8) is 0 Å². The van der Waals surface area contributed by atoms with Gasteiger partial charge < -0.3 is 14.4 Å². The highest BCUT2D eigenvalue weighted by Crippen LogP contribution is 2.30. The molecule has 1 aliphatic rings. The van der Waals surface area contributed by atoms with Crippen LogP contribution in [0.1, 0.15) is 21.6 Å². The van der Waals surface area contributed by atoms with Crippen molar-refractivity contribution in [3.8, 4) is 11.1 Å². The molecular weight excluding hydrogens is 369 g/mol. The molecule has 0 aliphatic carbocycles. The van der Waals surface area contributed by atoms with Crippen LogP contribution in [-0.2, 0) is 13.0 Å². The van der Waals surface area contributed by atoms with Gasteiger partial charge in [-0.1, -0.05) is 24.3 Å². The number of pyridine rings is 1. The van der Waals surface area contributed by atoms with E-state index >= 15 is 0 Å². The Morgan fingerprint density at radius 2 is 1.97 bits per heavy atom. The lowest BCUT2D eigenvalue weighted by Gasteiger charge is -2.15. The summed E-state index contributed by atoms with van der Waals surface area (Å²) < 4.78 is 15.5. The number of carbonyl (C=O) groups is 1. The van der Waals surface area contributed by atoms with Crippen LogP contribution in [0.2, 0.25) is 0 Å². The summed E-state index contributed by atoms with van der Waals surface area (Å²) in [7, 11) is 0. The van der Waals surface area contributed by atoms with E-state index in [9.17, 15) is 14.3 Å². The molecule has 0 spiro atoms. The predicted molar refractivity (Wildman–Crippen MR) is 108 cm³/mol. The van der Waals surface area contributed by atoms with Crippen LogP contribution < -0.4 is 4.90 Å². The largest absolute Gasteiger partial charge is 0.392 e. The standard InChI is InChI=1S/C23H18FN3O2/c24-19-6-4-16-8-9-27(21(16)11-19)23(29)20-13-26-12-18(5-7-22(26)25-20)17-3-1-2-15(10-17)14-28/h1-7,10-13,28H,8-9,14H2. The molecule has 0 saturated heterocycles. The van der Waals surface area contributed by atoms with Crippen LogP contribution in [0.4, 0.5) is 10.1 Å². The first-order valence-electron chi connectivity index (χ1n) is 9.41. The number of aliphatic hydroxyl groups excluding tert-OH is 1. The first-order valence-corrected chi connectivity index (χ1v) is 9.41. The molecule has 4 aromatic rings. The van der Waals surface area contributed by atoms with E-state index in [0.29, 0.717) is 30.0 Å². The number of aromatic nitrogens is 2. The lowest BCUT2D eigenvalue weighted by atomic mass is 10.1. The molecule has 29 heavy (non-hydrogen) atoms. The summed E-state index contributed by atoms with van der Waals surface area (Å²) in [5.74, 6) is -0.588. The zero-order chi connectivity index (χ0) is 20.0. The number of halogens is 1. The molecular formula is C23H18FN3O2. The second-order valence-electron chi connectivity index (χ2n) is 7.15. The van der Waals surface area contributed by atoms with Crippen LogP contribution in [0.25, 0.3) is 16.8 Å².